The standard InChI is InChI=1S/C20H27N/c1-4-20(16-21-5-2,19-9-7-6-8-10-19)15-18-13-11-17(3)12-14-18/h6-14,21H,4-5,15-16H2,1-3H3. The molecule has 0 radical (unpaired) electrons. The fourth-order valence-electron chi connectivity index (χ4n) is 2.97. The third-order valence-corrected chi connectivity index (χ3v) is 4.44. The summed E-state index contributed by atoms with van der Waals surface area (Å²) in [5, 5.41) is 3.57. The molecule has 1 heteroatoms. The van der Waals surface area contributed by atoms with Gasteiger partial charge in [-0.1, -0.05) is 74.0 Å². The van der Waals surface area contributed by atoms with E-state index in [9.17, 15) is 0 Å². The summed E-state index contributed by atoms with van der Waals surface area (Å²) in [6.45, 7) is 8.67. The molecular weight excluding hydrogens is 254 g/mol. The minimum Gasteiger partial charge on any atom is -0.316 e. The smallest absolute Gasteiger partial charge is 0.0115 e. The van der Waals surface area contributed by atoms with Crippen molar-refractivity contribution in [2.75, 3.05) is 13.1 Å². The zero-order valence-corrected chi connectivity index (χ0v) is 13.5. The van der Waals surface area contributed by atoms with Crippen LogP contribution in [-0.2, 0) is 11.8 Å². The van der Waals surface area contributed by atoms with E-state index in [1.165, 1.54) is 16.7 Å². The Kier molecular flexibility index (Phi) is 5.58. The van der Waals surface area contributed by atoms with Crippen LogP contribution in [0.5, 0.6) is 0 Å². The monoisotopic (exact) mass is 281 g/mol. The van der Waals surface area contributed by atoms with Gasteiger partial charge in [-0.3, -0.25) is 0 Å². The van der Waals surface area contributed by atoms with Crippen LogP contribution in [-0.4, -0.2) is 13.1 Å². The van der Waals surface area contributed by atoms with E-state index < -0.39 is 0 Å². The molecule has 0 aliphatic rings. The van der Waals surface area contributed by atoms with Gasteiger partial charge in [-0.15, -0.1) is 0 Å². The molecule has 2 rings (SSSR count). The van der Waals surface area contributed by atoms with Crippen LogP contribution in [0, 0.1) is 6.92 Å². The highest BCUT2D eigenvalue weighted by molar-refractivity contribution is 5.31. The second-order valence-corrected chi connectivity index (χ2v) is 5.94. The molecule has 2 aromatic carbocycles. The van der Waals surface area contributed by atoms with Crippen molar-refractivity contribution >= 4 is 0 Å². The lowest BCUT2D eigenvalue weighted by Crippen LogP contribution is -2.39. The van der Waals surface area contributed by atoms with Crippen LogP contribution >= 0.6 is 0 Å². The van der Waals surface area contributed by atoms with E-state index in [1.54, 1.807) is 0 Å². The van der Waals surface area contributed by atoms with Crippen molar-refractivity contribution in [2.45, 2.75) is 39.0 Å². The van der Waals surface area contributed by atoms with Gasteiger partial charge in [-0.05, 0) is 37.4 Å². The van der Waals surface area contributed by atoms with E-state index in [0.29, 0.717) is 0 Å². The molecule has 0 spiro atoms. The summed E-state index contributed by atoms with van der Waals surface area (Å²) in [4.78, 5) is 0. The predicted molar refractivity (Wildman–Crippen MR) is 91.8 cm³/mol. The first-order chi connectivity index (χ1) is 10.2. The third kappa shape index (κ3) is 3.95. The Bertz CT molecular complexity index is 530. The number of likely N-dealkylation sites (N-methyl/N-ethyl adjacent to an activating group) is 1. The van der Waals surface area contributed by atoms with Crippen molar-refractivity contribution in [2.24, 2.45) is 0 Å². The number of benzene rings is 2. The van der Waals surface area contributed by atoms with E-state index in [1.807, 2.05) is 0 Å². The van der Waals surface area contributed by atoms with Gasteiger partial charge in [0.25, 0.3) is 0 Å². The molecule has 0 saturated carbocycles. The van der Waals surface area contributed by atoms with Gasteiger partial charge in [0.2, 0.25) is 0 Å². The lowest BCUT2D eigenvalue weighted by molar-refractivity contribution is 0.382. The molecule has 1 unspecified atom stereocenters. The van der Waals surface area contributed by atoms with E-state index >= 15 is 0 Å². The average Bonchev–Trinajstić information content (AvgIpc) is 2.54. The zero-order valence-electron chi connectivity index (χ0n) is 13.5. The molecule has 0 fully saturated rings. The normalized spacial score (nSPS) is 13.9. The van der Waals surface area contributed by atoms with Crippen LogP contribution < -0.4 is 5.32 Å². The predicted octanol–water partition coefficient (Wildman–Crippen LogP) is 4.50. The van der Waals surface area contributed by atoms with Crippen LogP contribution in [0.1, 0.15) is 37.0 Å². The molecule has 0 heterocycles. The number of hydrogen-bond donors (Lipinski definition) is 1. The van der Waals surface area contributed by atoms with Crippen LogP contribution in [0.4, 0.5) is 0 Å². The van der Waals surface area contributed by atoms with Crippen molar-refractivity contribution < 1.29 is 0 Å². The van der Waals surface area contributed by atoms with Gasteiger partial charge in [0, 0.05) is 12.0 Å². The van der Waals surface area contributed by atoms with Crippen LogP contribution in [0.3, 0.4) is 0 Å². The van der Waals surface area contributed by atoms with Gasteiger partial charge in [0.05, 0.1) is 0 Å². The van der Waals surface area contributed by atoms with Gasteiger partial charge in [-0.2, -0.15) is 0 Å². The van der Waals surface area contributed by atoms with Crippen LogP contribution in [0.25, 0.3) is 0 Å². The number of nitrogens with one attached hydrogen (secondary N) is 1. The van der Waals surface area contributed by atoms with E-state index in [4.69, 9.17) is 0 Å². The maximum Gasteiger partial charge on any atom is 0.0115 e. The third-order valence-electron chi connectivity index (χ3n) is 4.44. The molecule has 1 atom stereocenters. The summed E-state index contributed by atoms with van der Waals surface area (Å²) < 4.78 is 0. The molecule has 0 aromatic heterocycles. The molecule has 2 aromatic rings. The Morgan fingerprint density at radius 1 is 0.905 bits per heavy atom. The molecular formula is C20H27N. The molecule has 1 N–H and O–H groups in total. The minimum absolute atomic E-state index is 0.173. The zero-order chi connectivity index (χ0) is 15.1. The maximum atomic E-state index is 3.57. The lowest BCUT2D eigenvalue weighted by atomic mass is 9.73. The van der Waals surface area contributed by atoms with Crippen LogP contribution in [0.15, 0.2) is 54.6 Å². The highest BCUT2D eigenvalue weighted by Crippen LogP contribution is 2.31. The summed E-state index contributed by atoms with van der Waals surface area (Å²) in [6.07, 6.45) is 2.22. The van der Waals surface area contributed by atoms with Crippen molar-refractivity contribution in [1.82, 2.24) is 5.32 Å². The van der Waals surface area contributed by atoms with Gasteiger partial charge < -0.3 is 5.32 Å². The van der Waals surface area contributed by atoms with E-state index in [2.05, 4.69) is 80.7 Å². The SMILES string of the molecule is CCNCC(CC)(Cc1ccc(C)cc1)c1ccccc1. The highest BCUT2D eigenvalue weighted by atomic mass is 14.9. The van der Waals surface area contributed by atoms with Gasteiger partial charge in [-0.25, -0.2) is 0 Å². The summed E-state index contributed by atoms with van der Waals surface area (Å²) in [5.74, 6) is 0. The first kappa shape index (κ1) is 15.8. The number of hydrogen-bond acceptors (Lipinski definition) is 1. The Morgan fingerprint density at radius 3 is 2.14 bits per heavy atom. The van der Waals surface area contributed by atoms with E-state index in [0.717, 1.165) is 25.9 Å². The Morgan fingerprint density at radius 2 is 1.57 bits per heavy atom. The van der Waals surface area contributed by atoms with Crippen molar-refractivity contribution in [3.63, 3.8) is 0 Å². The second-order valence-electron chi connectivity index (χ2n) is 5.94. The molecule has 0 aliphatic heterocycles. The van der Waals surface area contributed by atoms with Crippen molar-refractivity contribution in [3.8, 4) is 0 Å². The van der Waals surface area contributed by atoms with Gasteiger partial charge in [0.1, 0.15) is 0 Å². The second kappa shape index (κ2) is 7.42. The largest absolute Gasteiger partial charge is 0.316 e. The molecule has 112 valence electrons. The first-order valence-electron chi connectivity index (χ1n) is 8.02. The summed E-state index contributed by atoms with van der Waals surface area (Å²) in [5.41, 5.74) is 4.36. The molecule has 0 saturated heterocycles. The average molecular weight is 281 g/mol. The fraction of sp³-hybridized carbons (Fsp3) is 0.400. The number of aryl methyl sites for hydroxylation is 1. The van der Waals surface area contributed by atoms with Crippen LogP contribution in [0.2, 0.25) is 0 Å². The quantitative estimate of drug-likeness (QED) is 0.788. The molecule has 0 amide bonds. The van der Waals surface area contributed by atoms with Crippen molar-refractivity contribution in [1.29, 1.82) is 0 Å². The summed E-state index contributed by atoms with van der Waals surface area (Å²) in [7, 11) is 0. The minimum atomic E-state index is 0.173. The Balaban J connectivity index is 2.32. The van der Waals surface area contributed by atoms with E-state index in [-0.39, 0.29) is 5.41 Å². The molecule has 0 bridgehead atoms. The van der Waals surface area contributed by atoms with Gasteiger partial charge in [0.15, 0.2) is 0 Å². The summed E-state index contributed by atoms with van der Waals surface area (Å²) >= 11 is 0. The molecule has 0 aliphatic carbocycles. The highest BCUT2D eigenvalue weighted by Gasteiger charge is 2.30. The number of rotatable bonds is 7. The first-order valence-corrected chi connectivity index (χ1v) is 8.02. The molecule has 1 nitrogen and oxygen atoms in total. The fourth-order valence-corrected chi connectivity index (χ4v) is 2.97. The Labute approximate surface area is 129 Å². The summed E-state index contributed by atoms with van der Waals surface area (Å²) in [6, 6.07) is 19.9. The van der Waals surface area contributed by atoms with Gasteiger partial charge >= 0.3 is 0 Å². The Hall–Kier alpha value is -1.60. The van der Waals surface area contributed by atoms with Crippen molar-refractivity contribution in [3.05, 3.63) is 71.3 Å². The lowest BCUT2D eigenvalue weighted by Gasteiger charge is -2.34. The molecule has 21 heavy (non-hydrogen) atoms. The maximum absolute atomic E-state index is 3.57. The topological polar surface area (TPSA) is 12.0 Å².